The molecule has 3 rings (SSSR count). The van der Waals surface area contributed by atoms with Crippen molar-refractivity contribution in [2.45, 2.75) is 101 Å². The van der Waals surface area contributed by atoms with E-state index >= 15 is 0 Å². The number of aliphatic hydroxyl groups is 1. The van der Waals surface area contributed by atoms with Gasteiger partial charge in [0.2, 0.25) is 11.8 Å². The average Bonchev–Trinajstić information content (AvgIpc) is 3.74. The highest BCUT2D eigenvalue weighted by molar-refractivity contribution is 7.92. The molecule has 0 aromatic heterocycles. The SMILES string of the molecule is CCCC(CCC)S(=O)(=O)C[C@@H](NC(=O)C1CC1)C(=O)N[C@@H](Cc1cc(F)cc(F)c1)[C@H](O)CNC1CC1.Cl. The third-order valence-corrected chi connectivity index (χ3v) is 9.36. The van der Waals surface area contributed by atoms with E-state index in [1.807, 2.05) is 13.8 Å². The standard InChI is InChI=1S/C27H41F2N3O5S.ClH/c1-3-5-22(6-4-2)38(36,37)16-24(32-26(34)18-7-8-18)27(35)31-23(25(33)15-30-21-9-10-21)13-17-11-19(28)14-20(29)12-17;/h11-12,14,18,21-25,30,33H,3-10,13,15-16H2,1-2H3,(H,31,35)(H,32,34);1H/t23-,24+,25+;/m0./s1. The van der Waals surface area contributed by atoms with Crippen molar-refractivity contribution in [3.63, 3.8) is 0 Å². The summed E-state index contributed by atoms with van der Waals surface area (Å²) in [4.78, 5) is 26.0. The Kier molecular flexibility index (Phi) is 13.1. The van der Waals surface area contributed by atoms with Gasteiger partial charge in [0.15, 0.2) is 9.84 Å². The number of nitrogens with one attached hydrogen (secondary N) is 3. The van der Waals surface area contributed by atoms with Gasteiger partial charge >= 0.3 is 0 Å². The molecule has 4 N–H and O–H groups in total. The van der Waals surface area contributed by atoms with Gasteiger partial charge in [-0.3, -0.25) is 9.59 Å². The minimum absolute atomic E-state index is 0. The second-order valence-electron chi connectivity index (χ2n) is 10.7. The van der Waals surface area contributed by atoms with Crippen LogP contribution in [0.1, 0.15) is 70.8 Å². The zero-order valence-corrected chi connectivity index (χ0v) is 24.3. The van der Waals surface area contributed by atoms with Crippen LogP contribution in [0.2, 0.25) is 0 Å². The molecule has 0 aliphatic heterocycles. The summed E-state index contributed by atoms with van der Waals surface area (Å²) in [6.07, 6.45) is 4.37. The predicted octanol–water partition coefficient (Wildman–Crippen LogP) is 2.81. The maximum absolute atomic E-state index is 13.8. The highest BCUT2D eigenvalue weighted by Gasteiger charge is 2.37. The van der Waals surface area contributed by atoms with Gasteiger partial charge in [-0.1, -0.05) is 26.7 Å². The number of hydrogen-bond acceptors (Lipinski definition) is 6. The molecule has 3 atom stereocenters. The molecule has 0 radical (unpaired) electrons. The number of aliphatic hydroxyl groups excluding tert-OH is 1. The van der Waals surface area contributed by atoms with Gasteiger partial charge in [0.1, 0.15) is 17.7 Å². The first-order chi connectivity index (χ1) is 18.0. The lowest BCUT2D eigenvalue weighted by Crippen LogP contribution is -2.57. The summed E-state index contributed by atoms with van der Waals surface area (Å²) in [5.74, 6) is -3.48. The average molecular weight is 594 g/mol. The van der Waals surface area contributed by atoms with E-state index in [0.29, 0.717) is 38.5 Å². The summed E-state index contributed by atoms with van der Waals surface area (Å²) in [6, 6.07) is 0.942. The number of halogens is 3. The van der Waals surface area contributed by atoms with Crippen LogP contribution in [0.3, 0.4) is 0 Å². The molecular weight excluding hydrogens is 552 g/mol. The summed E-state index contributed by atoms with van der Waals surface area (Å²) in [6.45, 7) is 3.93. The molecule has 0 saturated heterocycles. The Morgan fingerprint density at radius 1 is 1.00 bits per heavy atom. The zero-order valence-electron chi connectivity index (χ0n) is 22.6. The summed E-state index contributed by atoms with van der Waals surface area (Å²) in [5.41, 5.74) is 0.232. The van der Waals surface area contributed by atoms with Gasteiger partial charge in [0.25, 0.3) is 0 Å². The van der Waals surface area contributed by atoms with Crippen LogP contribution in [-0.2, 0) is 25.8 Å². The minimum atomic E-state index is -3.73. The first-order valence-corrected chi connectivity index (χ1v) is 15.4. The van der Waals surface area contributed by atoms with Crippen molar-refractivity contribution >= 4 is 34.1 Å². The second-order valence-corrected chi connectivity index (χ2v) is 13.0. The van der Waals surface area contributed by atoms with Crippen LogP contribution in [0.25, 0.3) is 0 Å². The van der Waals surface area contributed by atoms with Crippen molar-refractivity contribution in [2.75, 3.05) is 12.3 Å². The van der Waals surface area contributed by atoms with Crippen LogP contribution in [0.15, 0.2) is 18.2 Å². The van der Waals surface area contributed by atoms with E-state index in [1.54, 1.807) is 0 Å². The van der Waals surface area contributed by atoms with E-state index in [1.165, 1.54) is 0 Å². The van der Waals surface area contributed by atoms with Gasteiger partial charge in [-0.25, -0.2) is 17.2 Å². The highest BCUT2D eigenvalue weighted by atomic mass is 35.5. The van der Waals surface area contributed by atoms with Crippen molar-refractivity contribution in [2.24, 2.45) is 5.92 Å². The highest BCUT2D eigenvalue weighted by Crippen LogP contribution is 2.29. The summed E-state index contributed by atoms with van der Waals surface area (Å²) >= 11 is 0. The van der Waals surface area contributed by atoms with Crippen LogP contribution in [0.5, 0.6) is 0 Å². The monoisotopic (exact) mass is 593 g/mol. The molecule has 0 bridgehead atoms. The number of amides is 2. The lowest BCUT2D eigenvalue weighted by molar-refractivity contribution is -0.129. The van der Waals surface area contributed by atoms with E-state index < -0.39 is 56.6 Å². The van der Waals surface area contributed by atoms with Crippen molar-refractivity contribution in [1.82, 2.24) is 16.0 Å². The van der Waals surface area contributed by atoms with E-state index in [4.69, 9.17) is 0 Å². The molecule has 0 spiro atoms. The molecule has 12 heteroatoms. The number of benzene rings is 1. The first kappa shape index (κ1) is 33.4. The number of sulfone groups is 1. The number of carbonyl (C=O) groups excluding carboxylic acids is 2. The molecule has 2 saturated carbocycles. The minimum Gasteiger partial charge on any atom is -0.390 e. The van der Waals surface area contributed by atoms with Gasteiger partial charge in [0.05, 0.1) is 23.1 Å². The summed E-state index contributed by atoms with van der Waals surface area (Å²) in [5, 5.41) is 18.7. The molecular formula is C27H42ClF2N3O5S. The molecule has 2 aliphatic carbocycles. The molecule has 2 amide bonds. The topological polar surface area (TPSA) is 125 Å². The molecule has 1 aromatic rings. The lowest BCUT2D eigenvalue weighted by Gasteiger charge is -2.28. The van der Waals surface area contributed by atoms with E-state index in [0.717, 1.165) is 31.0 Å². The van der Waals surface area contributed by atoms with Gasteiger partial charge in [0, 0.05) is 24.6 Å². The second kappa shape index (κ2) is 15.3. The van der Waals surface area contributed by atoms with Crippen molar-refractivity contribution in [1.29, 1.82) is 0 Å². The maximum atomic E-state index is 13.8. The quantitative estimate of drug-likeness (QED) is 0.220. The van der Waals surface area contributed by atoms with Gasteiger partial charge in [-0.2, -0.15) is 0 Å². The molecule has 0 heterocycles. The number of carbonyl (C=O) groups is 2. The Bertz CT molecular complexity index is 1040. The van der Waals surface area contributed by atoms with Crippen LogP contribution in [0, 0.1) is 17.6 Å². The fourth-order valence-electron chi connectivity index (χ4n) is 4.60. The lowest BCUT2D eigenvalue weighted by atomic mass is 10.00. The fraction of sp³-hybridized carbons (Fsp3) is 0.704. The van der Waals surface area contributed by atoms with Crippen LogP contribution in [-0.4, -0.2) is 67.1 Å². The summed E-state index contributed by atoms with van der Waals surface area (Å²) < 4.78 is 54.2. The Morgan fingerprint density at radius 2 is 1.59 bits per heavy atom. The van der Waals surface area contributed by atoms with E-state index in [-0.39, 0.29) is 48.8 Å². The maximum Gasteiger partial charge on any atom is 0.243 e. The van der Waals surface area contributed by atoms with Crippen LogP contribution < -0.4 is 16.0 Å². The van der Waals surface area contributed by atoms with Crippen molar-refractivity contribution < 1.29 is 31.9 Å². The summed E-state index contributed by atoms with van der Waals surface area (Å²) in [7, 11) is -3.73. The number of hydrogen-bond donors (Lipinski definition) is 4. The van der Waals surface area contributed by atoms with Crippen molar-refractivity contribution in [3.8, 4) is 0 Å². The molecule has 2 fully saturated rings. The van der Waals surface area contributed by atoms with E-state index in [9.17, 15) is 31.9 Å². The number of rotatable bonds is 17. The third-order valence-electron chi connectivity index (χ3n) is 7.07. The van der Waals surface area contributed by atoms with Crippen LogP contribution >= 0.6 is 12.4 Å². The Morgan fingerprint density at radius 3 is 2.10 bits per heavy atom. The largest absolute Gasteiger partial charge is 0.390 e. The molecule has 222 valence electrons. The molecule has 8 nitrogen and oxygen atoms in total. The third kappa shape index (κ3) is 10.9. The zero-order chi connectivity index (χ0) is 27.9. The van der Waals surface area contributed by atoms with Crippen molar-refractivity contribution in [3.05, 3.63) is 35.4 Å². The van der Waals surface area contributed by atoms with Gasteiger partial charge in [-0.15, -0.1) is 12.4 Å². The molecule has 1 aromatic carbocycles. The molecule has 0 unspecified atom stereocenters. The van der Waals surface area contributed by atoms with Gasteiger partial charge < -0.3 is 21.1 Å². The Balaban J connectivity index is 0.00000533. The van der Waals surface area contributed by atoms with E-state index in [2.05, 4.69) is 16.0 Å². The molecule has 2 aliphatic rings. The normalized spacial score (nSPS) is 17.7. The Labute approximate surface area is 236 Å². The molecule has 39 heavy (non-hydrogen) atoms. The van der Waals surface area contributed by atoms with Gasteiger partial charge in [-0.05, 0) is 62.6 Å². The Hall–Kier alpha value is -1.82. The predicted molar refractivity (Wildman–Crippen MR) is 148 cm³/mol. The fourth-order valence-corrected chi connectivity index (χ4v) is 6.76. The smallest absolute Gasteiger partial charge is 0.243 e. The first-order valence-electron chi connectivity index (χ1n) is 13.7. The van der Waals surface area contributed by atoms with Crippen LogP contribution in [0.4, 0.5) is 8.78 Å².